The van der Waals surface area contributed by atoms with Crippen LogP contribution in [0.1, 0.15) is 12.8 Å². The SMILES string of the molecule is O=C([O-])CCC(=O)Nc1ccc(Cl)cn1. The molecule has 0 saturated carbocycles. The number of carboxylic acid groups (broad SMARTS) is 1. The minimum Gasteiger partial charge on any atom is -0.550 e. The van der Waals surface area contributed by atoms with Crippen LogP contribution in [0.15, 0.2) is 18.3 Å². The molecule has 0 aliphatic carbocycles. The molecule has 80 valence electrons. The van der Waals surface area contributed by atoms with Crippen molar-refractivity contribution in [1.82, 2.24) is 4.98 Å². The highest BCUT2D eigenvalue weighted by Gasteiger charge is 2.02. The number of rotatable bonds is 4. The van der Waals surface area contributed by atoms with Gasteiger partial charge in [-0.1, -0.05) is 11.6 Å². The smallest absolute Gasteiger partial charge is 0.225 e. The Hall–Kier alpha value is -1.62. The molecule has 0 aliphatic heterocycles. The van der Waals surface area contributed by atoms with Crippen LogP contribution in [0.25, 0.3) is 0 Å². The van der Waals surface area contributed by atoms with Gasteiger partial charge in [0.05, 0.1) is 5.02 Å². The lowest BCUT2D eigenvalue weighted by Crippen LogP contribution is -2.24. The molecular weight excluding hydrogens is 220 g/mol. The first-order valence-electron chi connectivity index (χ1n) is 4.19. The summed E-state index contributed by atoms with van der Waals surface area (Å²) in [4.78, 5) is 25.0. The number of pyridine rings is 1. The van der Waals surface area contributed by atoms with Gasteiger partial charge < -0.3 is 15.2 Å². The van der Waals surface area contributed by atoms with Crippen molar-refractivity contribution in [2.45, 2.75) is 12.8 Å². The van der Waals surface area contributed by atoms with Crippen LogP contribution in [0, 0.1) is 0 Å². The number of hydrogen-bond acceptors (Lipinski definition) is 4. The van der Waals surface area contributed by atoms with Gasteiger partial charge in [0, 0.05) is 18.6 Å². The quantitative estimate of drug-likeness (QED) is 0.797. The Kier molecular flexibility index (Phi) is 4.05. The lowest BCUT2D eigenvalue weighted by molar-refractivity contribution is -0.305. The highest BCUT2D eigenvalue weighted by atomic mass is 35.5. The number of nitrogens with zero attached hydrogens (tertiary/aromatic N) is 1. The standard InChI is InChI=1S/C9H9ClN2O3/c10-6-1-2-7(11-5-6)12-8(13)3-4-9(14)15/h1-2,5H,3-4H2,(H,14,15)(H,11,12,13)/p-1. The minimum absolute atomic E-state index is 0.132. The predicted octanol–water partition coefficient (Wildman–Crippen LogP) is 0.204. The van der Waals surface area contributed by atoms with Crippen LogP contribution >= 0.6 is 11.6 Å². The molecule has 6 heteroatoms. The number of halogens is 1. The van der Waals surface area contributed by atoms with Gasteiger partial charge in [-0.25, -0.2) is 4.98 Å². The Morgan fingerprint density at radius 2 is 2.13 bits per heavy atom. The van der Waals surface area contributed by atoms with Crippen LogP contribution in [0.5, 0.6) is 0 Å². The molecule has 0 radical (unpaired) electrons. The molecular formula is C9H8ClN2O3-. The first-order valence-corrected chi connectivity index (χ1v) is 4.57. The average Bonchev–Trinajstić information content (AvgIpc) is 2.19. The molecule has 1 aromatic rings. The third-order valence-electron chi connectivity index (χ3n) is 1.55. The summed E-state index contributed by atoms with van der Waals surface area (Å²) >= 11 is 5.59. The topological polar surface area (TPSA) is 82.1 Å². The normalized spacial score (nSPS) is 9.67. The Labute approximate surface area is 91.1 Å². The minimum atomic E-state index is -1.26. The fourth-order valence-electron chi connectivity index (χ4n) is 0.871. The van der Waals surface area contributed by atoms with Crippen molar-refractivity contribution in [2.75, 3.05) is 5.32 Å². The van der Waals surface area contributed by atoms with Crippen LogP contribution < -0.4 is 10.4 Å². The van der Waals surface area contributed by atoms with E-state index < -0.39 is 11.9 Å². The summed E-state index contributed by atoms with van der Waals surface area (Å²) in [5.41, 5.74) is 0. The van der Waals surface area contributed by atoms with Crippen molar-refractivity contribution in [3.05, 3.63) is 23.4 Å². The molecule has 1 N–H and O–H groups in total. The summed E-state index contributed by atoms with van der Waals surface area (Å²) in [5.74, 6) is -1.34. The Bertz CT molecular complexity index is 364. The monoisotopic (exact) mass is 227 g/mol. The average molecular weight is 228 g/mol. The largest absolute Gasteiger partial charge is 0.550 e. The number of nitrogens with one attached hydrogen (secondary N) is 1. The zero-order valence-electron chi connectivity index (χ0n) is 7.70. The third kappa shape index (κ3) is 4.42. The van der Waals surface area contributed by atoms with Gasteiger partial charge in [0.25, 0.3) is 0 Å². The maximum absolute atomic E-state index is 11.1. The molecule has 0 aliphatic rings. The van der Waals surface area contributed by atoms with Crippen LogP contribution in [0.2, 0.25) is 5.02 Å². The van der Waals surface area contributed by atoms with Crippen molar-refractivity contribution < 1.29 is 14.7 Å². The highest BCUT2D eigenvalue weighted by molar-refractivity contribution is 6.30. The molecule has 0 saturated heterocycles. The second kappa shape index (κ2) is 5.31. The lowest BCUT2D eigenvalue weighted by Gasteiger charge is -2.04. The first-order chi connectivity index (χ1) is 7.08. The van der Waals surface area contributed by atoms with E-state index in [-0.39, 0.29) is 12.8 Å². The first kappa shape index (κ1) is 11.5. The van der Waals surface area contributed by atoms with Crippen LogP contribution in [-0.2, 0) is 9.59 Å². The van der Waals surface area contributed by atoms with Gasteiger partial charge in [-0.05, 0) is 18.6 Å². The number of amides is 1. The van der Waals surface area contributed by atoms with Crippen molar-refractivity contribution in [3.63, 3.8) is 0 Å². The van der Waals surface area contributed by atoms with Crippen LogP contribution in [-0.4, -0.2) is 16.9 Å². The second-order valence-corrected chi connectivity index (χ2v) is 3.22. The van der Waals surface area contributed by atoms with Crippen LogP contribution in [0.3, 0.4) is 0 Å². The molecule has 15 heavy (non-hydrogen) atoms. The maximum Gasteiger partial charge on any atom is 0.225 e. The van der Waals surface area contributed by atoms with Gasteiger partial charge in [-0.2, -0.15) is 0 Å². The van der Waals surface area contributed by atoms with E-state index in [1.165, 1.54) is 12.3 Å². The highest BCUT2D eigenvalue weighted by Crippen LogP contribution is 2.09. The molecule has 1 aromatic heterocycles. The number of carbonyl (C=O) groups excluding carboxylic acids is 2. The molecule has 1 amide bonds. The number of carboxylic acids is 1. The van der Waals surface area contributed by atoms with Crippen molar-refractivity contribution in [3.8, 4) is 0 Å². The molecule has 0 aromatic carbocycles. The molecule has 1 heterocycles. The van der Waals surface area contributed by atoms with Crippen molar-refractivity contribution in [1.29, 1.82) is 0 Å². The Morgan fingerprint density at radius 3 is 2.67 bits per heavy atom. The van der Waals surface area contributed by atoms with E-state index in [9.17, 15) is 14.7 Å². The van der Waals surface area contributed by atoms with Crippen molar-refractivity contribution >= 4 is 29.3 Å². The number of anilines is 1. The molecule has 0 unspecified atom stereocenters. The summed E-state index contributed by atoms with van der Waals surface area (Å²) in [6, 6.07) is 3.10. The van der Waals surface area contributed by atoms with Gasteiger partial charge in [-0.3, -0.25) is 4.79 Å². The van der Waals surface area contributed by atoms with Crippen LogP contribution in [0.4, 0.5) is 5.82 Å². The third-order valence-corrected chi connectivity index (χ3v) is 1.77. The summed E-state index contributed by atoms with van der Waals surface area (Å²) < 4.78 is 0. The molecule has 0 bridgehead atoms. The Morgan fingerprint density at radius 1 is 1.40 bits per heavy atom. The van der Waals surface area contributed by atoms with E-state index in [4.69, 9.17) is 11.6 Å². The van der Waals surface area contributed by atoms with E-state index in [1.807, 2.05) is 0 Å². The lowest BCUT2D eigenvalue weighted by atomic mass is 10.3. The van der Waals surface area contributed by atoms with Gasteiger partial charge in [-0.15, -0.1) is 0 Å². The number of hydrogen-bond donors (Lipinski definition) is 1. The molecule has 0 spiro atoms. The van der Waals surface area contributed by atoms with Gasteiger partial charge in [0.15, 0.2) is 0 Å². The summed E-state index contributed by atoms with van der Waals surface area (Å²) in [7, 11) is 0. The summed E-state index contributed by atoms with van der Waals surface area (Å²) in [5, 5.41) is 13.0. The van der Waals surface area contributed by atoms with Gasteiger partial charge >= 0.3 is 0 Å². The van der Waals surface area contributed by atoms with Gasteiger partial charge in [0.1, 0.15) is 5.82 Å². The maximum atomic E-state index is 11.1. The molecule has 0 fully saturated rings. The second-order valence-electron chi connectivity index (χ2n) is 2.78. The zero-order valence-corrected chi connectivity index (χ0v) is 8.45. The summed E-state index contributed by atoms with van der Waals surface area (Å²) in [6.07, 6.45) is 0.946. The van der Waals surface area contributed by atoms with Gasteiger partial charge in [0.2, 0.25) is 5.91 Å². The predicted molar refractivity (Wildman–Crippen MR) is 52.1 cm³/mol. The number of aliphatic carboxylic acids is 1. The fraction of sp³-hybridized carbons (Fsp3) is 0.222. The zero-order chi connectivity index (χ0) is 11.3. The number of aromatic nitrogens is 1. The van der Waals surface area contributed by atoms with E-state index in [1.54, 1.807) is 6.07 Å². The number of carbonyl (C=O) groups is 2. The van der Waals surface area contributed by atoms with E-state index in [2.05, 4.69) is 10.3 Å². The molecule has 0 atom stereocenters. The fourth-order valence-corrected chi connectivity index (χ4v) is 0.982. The van der Waals surface area contributed by atoms with Crippen molar-refractivity contribution in [2.24, 2.45) is 0 Å². The Balaban J connectivity index is 2.44. The summed E-state index contributed by atoms with van der Waals surface area (Å²) in [6.45, 7) is 0. The van der Waals surface area contributed by atoms with E-state index >= 15 is 0 Å². The van der Waals surface area contributed by atoms with E-state index in [0.717, 1.165) is 0 Å². The molecule has 1 rings (SSSR count). The molecule has 5 nitrogen and oxygen atoms in total. The van der Waals surface area contributed by atoms with E-state index in [0.29, 0.717) is 10.8 Å².